The minimum atomic E-state index is -0.575. The second-order valence-corrected chi connectivity index (χ2v) is 7.74. The van der Waals surface area contributed by atoms with Crippen molar-refractivity contribution in [1.29, 1.82) is 0 Å². The Morgan fingerprint density at radius 3 is 2.18 bits per heavy atom. The van der Waals surface area contributed by atoms with Crippen LogP contribution in [0.2, 0.25) is 0 Å². The third-order valence-corrected chi connectivity index (χ3v) is 5.31. The minimum Gasteiger partial charge on any atom is -0.489 e. The molecule has 0 spiro atoms. The zero-order valence-corrected chi connectivity index (χ0v) is 19.5. The van der Waals surface area contributed by atoms with Crippen molar-refractivity contribution in [3.05, 3.63) is 102 Å². The molecule has 3 aromatic rings. The predicted molar refractivity (Wildman–Crippen MR) is 132 cm³/mol. The first-order valence-electron chi connectivity index (χ1n) is 11.0. The SMILES string of the molecule is C=C(C(=O)OC)c1ccc(OCc2ccccc2)cc1OCC(=O)N(C)CCc1ccccc1. The highest BCUT2D eigenvalue weighted by Crippen LogP contribution is 2.31. The molecular formula is C28H29NO5. The van der Waals surface area contributed by atoms with Gasteiger partial charge in [0.05, 0.1) is 12.7 Å². The van der Waals surface area contributed by atoms with Gasteiger partial charge in [-0.3, -0.25) is 4.79 Å². The van der Waals surface area contributed by atoms with Gasteiger partial charge in [0.1, 0.15) is 18.1 Å². The molecular weight excluding hydrogens is 430 g/mol. The maximum atomic E-state index is 12.7. The average Bonchev–Trinajstić information content (AvgIpc) is 2.89. The monoisotopic (exact) mass is 459 g/mol. The molecule has 1 amide bonds. The van der Waals surface area contributed by atoms with Crippen LogP contribution in [0.25, 0.3) is 5.57 Å². The number of hydrogen-bond donors (Lipinski definition) is 0. The standard InChI is InChI=1S/C28H29NO5/c1-21(28(31)32-3)25-15-14-24(33-19-23-12-8-5-9-13-23)18-26(25)34-20-27(30)29(2)17-16-22-10-6-4-7-11-22/h4-15,18H,1,16-17,19-20H2,2-3H3. The first kappa shape index (κ1) is 24.6. The van der Waals surface area contributed by atoms with Crippen molar-refractivity contribution >= 4 is 17.4 Å². The fraction of sp³-hybridized carbons (Fsp3) is 0.214. The van der Waals surface area contributed by atoms with E-state index in [0.717, 1.165) is 17.5 Å². The van der Waals surface area contributed by atoms with Crippen molar-refractivity contribution < 1.29 is 23.8 Å². The van der Waals surface area contributed by atoms with E-state index in [-0.39, 0.29) is 18.1 Å². The number of carbonyl (C=O) groups is 2. The van der Waals surface area contributed by atoms with Crippen LogP contribution in [-0.4, -0.2) is 44.1 Å². The molecule has 6 nitrogen and oxygen atoms in total. The van der Waals surface area contributed by atoms with Gasteiger partial charge < -0.3 is 19.1 Å². The molecule has 34 heavy (non-hydrogen) atoms. The minimum absolute atomic E-state index is 0.136. The lowest BCUT2D eigenvalue weighted by molar-refractivity contribution is -0.133. The number of methoxy groups -OCH3 is 1. The van der Waals surface area contributed by atoms with Gasteiger partial charge in [0.2, 0.25) is 0 Å². The summed E-state index contributed by atoms with van der Waals surface area (Å²) in [7, 11) is 3.03. The van der Waals surface area contributed by atoms with E-state index in [1.165, 1.54) is 7.11 Å². The second kappa shape index (κ2) is 12.3. The molecule has 0 fully saturated rings. The Bertz CT molecular complexity index is 1110. The van der Waals surface area contributed by atoms with Crippen molar-refractivity contribution in [2.24, 2.45) is 0 Å². The Labute approximate surface area is 200 Å². The van der Waals surface area contributed by atoms with Gasteiger partial charge in [-0.25, -0.2) is 4.79 Å². The summed E-state index contributed by atoms with van der Waals surface area (Å²) < 4.78 is 16.5. The molecule has 0 aliphatic carbocycles. The quantitative estimate of drug-likeness (QED) is 0.311. The summed E-state index contributed by atoms with van der Waals surface area (Å²) in [6, 6.07) is 24.8. The van der Waals surface area contributed by atoms with Gasteiger partial charge in [-0.1, -0.05) is 67.2 Å². The normalized spacial score (nSPS) is 10.3. The number of esters is 1. The molecule has 0 heterocycles. The van der Waals surface area contributed by atoms with Gasteiger partial charge in [0.25, 0.3) is 5.91 Å². The van der Waals surface area contributed by atoms with E-state index in [4.69, 9.17) is 14.2 Å². The summed E-state index contributed by atoms with van der Waals surface area (Å²) in [6.45, 7) is 4.57. The summed E-state index contributed by atoms with van der Waals surface area (Å²) in [5.74, 6) is 0.117. The molecule has 0 N–H and O–H groups in total. The van der Waals surface area contributed by atoms with Crippen LogP contribution in [0.3, 0.4) is 0 Å². The van der Waals surface area contributed by atoms with E-state index in [2.05, 4.69) is 6.58 Å². The average molecular weight is 460 g/mol. The molecule has 3 aromatic carbocycles. The maximum absolute atomic E-state index is 12.7. The Kier molecular flexibility index (Phi) is 8.86. The summed E-state index contributed by atoms with van der Waals surface area (Å²) in [6.07, 6.45) is 0.746. The zero-order valence-electron chi connectivity index (χ0n) is 19.5. The molecule has 176 valence electrons. The summed E-state index contributed by atoms with van der Waals surface area (Å²) in [5, 5.41) is 0. The zero-order chi connectivity index (χ0) is 24.3. The third kappa shape index (κ3) is 6.97. The predicted octanol–water partition coefficient (Wildman–Crippen LogP) is 4.53. The van der Waals surface area contributed by atoms with E-state index < -0.39 is 5.97 Å². The lowest BCUT2D eigenvalue weighted by Gasteiger charge is -2.19. The Morgan fingerprint density at radius 2 is 1.53 bits per heavy atom. The van der Waals surface area contributed by atoms with E-state index in [9.17, 15) is 9.59 Å². The highest BCUT2D eigenvalue weighted by molar-refractivity contribution is 6.16. The van der Waals surface area contributed by atoms with E-state index in [1.54, 1.807) is 30.1 Å². The van der Waals surface area contributed by atoms with Gasteiger partial charge >= 0.3 is 5.97 Å². The van der Waals surface area contributed by atoms with Crippen LogP contribution in [0.4, 0.5) is 0 Å². The van der Waals surface area contributed by atoms with Gasteiger partial charge in [0.15, 0.2) is 6.61 Å². The largest absolute Gasteiger partial charge is 0.489 e. The van der Waals surface area contributed by atoms with Crippen molar-refractivity contribution in [1.82, 2.24) is 4.90 Å². The molecule has 0 bridgehead atoms. The number of likely N-dealkylation sites (N-methyl/N-ethyl adjacent to an activating group) is 1. The summed E-state index contributed by atoms with van der Waals surface area (Å²) in [5.41, 5.74) is 2.75. The Hall–Kier alpha value is -4.06. The molecule has 0 aliphatic rings. The van der Waals surface area contributed by atoms with Crippen LogP contribution >= 0.6 is 0 Å². The van der Waals surface area contributed by atoms with Crippen molar-refractivity contribution in [2.45, 2.75) is 13.0 Å². The summed E-state index contributed by atoms with van der Waals surface area (Å²) >= 11 is 0. The van der Waals surface area contributed by atoms with E-state index in [1.807, 2.05) is 60.7 Å². The van der Waals surface area contributed by atoms with Crippen LogP contribution in [0.15, 0.2) is 85.4 Å². The van der Waals surface area contributed by atoms with E-state index >= 15 is 0 Å². The van der Waals surface area contributed by atoms with Gasteiger partial charge in [-0.05, 0) is 29.7 Å². The molecule has 0 atom stereocenters. The van der Waals surface area contributed by atoms with Gasteiger partial charge in [0, 0.05) is 25.2 Å². The van der Waals surface area contributed by atoms with E-state index in [0.29, 0.717) is 30.2 Å². The highest BCUT2D eigenvalue weighted by atomic mass is 16.5. The topological polar surface area (TPSA) is 65.1 Å². The number of carbonyl (C=O) groups excluding carboxylic acids is 2. The molecule has 0 radical (unpaired) electrons. The van der Waals surface area contributed by atoms with Crippen LogP contribution in [0, 0.1) is 0 Å². The second-order valence-electron chi connectivity index (χ2n) is 7.74. The summed E-state index contributed by atoms with van der Waals surface area (Å²) in [4.78, 5) is 26.3. The third-order valence-electron chi connectivity index (χ3n) is 5.31. The van der Waals surface area contributed by atoms with Gasteiger partial charge in [-0.15, -0.1) is 0 Å². The van der Waals surface area contributed by atoms with Crippen molar-refractivity contribution in [2.75, 3.05) is 27.3 Å². The Morgan fingerprint density at radius 1 is 0.882 bits per heavy atom. The van der Waals surface area contributed by atoms with Crippen LogP contribution in [0.5, 0.6) is 11.5 Å². The van der Waals surface area contributed by atoms with Crippen LogP contribution < -0.4 is 9.47 Å². The smallest absolute Gasteiger partial charge is 0.337 e. The van der Waals surface area contributed by atoms with Crippen molar-refractivity contribution in [3.63, 3.8) is 0 Å². The first-order chi connectivity index (χ1) is 16.5. The Balaban J connectivity index is 1.67. The molecule has 0 aliphatic heterocycles. The molecule has 0 aromatic heterocycles. The molecule has 6 heteroatoms. The first-order valence-corrected chi connectivity index (χ1v) is 11.0. The molecule has 0 saturated heterocycles. The van der Waals surface area contributed by atoms with Crippen LogP contribution in [-0.2, 0) is 27.4 Å². The number of hydrogen-bond acceptors (Lipinski definition) is 5. The molecule has 0 saturated carbocycles. The lowest BCUT2D eigenvalue weighted by atomic mass is 10.1. The van der Waals surface area contributed by atoms with Crippen LogP contribution in [0.1, 0.15) is 16.7 Å². The lowest BCUT2D eigenvalue weighted by Crippen LogP contribution is -2.33. The number of benzene rings is 3. The van der Waals surface area contributed by atoms with Crippen molar-refractivity contribution in [3.8, 4) is 11.5 Å². The molecule has 0 unspecified atom stereocenters. The fourth-order valence-electron chi connectivity index (χ4n) is 3.25. The number of ether oxygens (including phenoxy) is 3. The highest BCUT2D eigenvalue weighted by Gasteiger charge is 2.18. The van der Waals surface area contributed by atoms with Gasteiger partial charge in [-0.2, -0.15) is 0 Å². The number of amides is 1. The maximum Gasteiger partial charge on any atom is 0.337 e. The number of nitrogens with zero attached hydrogens (tertiary/aromatic N) is 1. The number of rotatable bonds is 11. The molecule has 3 rings (SSSR count). The fourth-order valence-corrected chi connectivity index (χ4v) is 3.25.